The van der Waals surface area contributed by atoms with E-state index in [1.165, 1.54) is 11.3 Å². The third-order valence-electron chi connectivity index (χ3n) is 2.58. The lowest BCUT2D eigenvalue weighted by molar-refractivity contribution is -0.115. The van der Waals surface area contributed by atoms with Gasteiger partial charge in [0.15, 0.2) is 5.13 Å². The van der Waals surface area contributed by atoms with Crippen LogP contribution in [0.15, 0.2) is 29.6 Å². The van der Waals surface area contributed by atoms with Crippen LogP contribution in [0.25, 0.3) is 20.9 Å². The van der Waals surface area contributed by atoms with Crippen LogP contribution < -0.4 is 5.32 Å². The van der Waals surface area contributed by atoms with Crippen molar-refractivity contribution in [3.8, 4) is 10.7 Å². The summed E-state index contributed by atoms with van der Waals surface area (Å²) in [5.74, 6) is -0.0230. The van der Waals surface area contributed by atoms with Crippen LogP contribution in [0.1, 0.15) is 13.3 Å². The molecule has 0 bridgehead atoms. The molecule has 1 N–H and O–H groups in total. The SMILES string of the molecule is CCC(=O)Nc1nc(-c2nc3ccccc3s2)cs1. The molecule has 0 saturated carbocycles. The first-order valence-corrected chi connectivity index (χ1v) is 7.57. The second-order valence-corrected chi connectivity index (χ2v) is 5.82. The normalized spacial score (nSPS) is 10.8. The minimum absolute atomic E-state index is 0.0230. The summed E-state index contributed by atoms with van der Waals surface area (Å²) >= 11 is 3.03. The summed E-state index contributed by atoms with van der Waals surface area (Å²) in [5.41, 5.74) is 1.80. The maximum Gasteiger partial charge on any atom is 0.225 e. The molecule has 0 radical (unpaired) electrons. The van der Waals surface area contributed by atoms with Crippen molar-refractivity contribution in [2.24, 2.45) is 0 Å². The second kappa shape index (κ2) is 5.07. The standard InChI is InChI=1S/C13H11N3OS2/c1-2-11(17)16-13-15-9(7-18-13)12-14-8-5-3-4-6-10(8)19-12/h3-7H,2H2,1H3,(H,15,16,17). The zero-order valence-electron chi connectivity index (χ0n) is 10.2. The summed E-state index contributed by atoms with van der Waals surface area (Å²) in [6, 6.07) is 8.00. The van der Waals surface area contributed by atoms with Crippen LogP contribution in [0, 0.1) is 0 Å². The number of anilines is 1. The lowest BCUT2D eigenvalue weighted by Gasteiger charge is -1.95. The van der Waals surface area contributed by atoms with Crippen molar-refractivity contribution < 1.29 is 4.79 Å². The number of rotatable bonds is 3. The lowest BCUT2D eigenvalue weighted by atomic mass is 10.3. The largest absolute Gasteiger partial charge is 0.302 e. The van der Waals surface area contributed by atoms with E-state index in [-0.39, 0.29) is 5.91 Å². The Hall–Kier alpha value is -1.79. The number of nitrogens with zero attached hydrogens (tertiary/aromatic N) is 2. The molecule has 2 heterocycles. The number of benzene rings is 1. The molecule has 0 aliphatic rings. The molecule has 4 nitrogen and oxygen atoms in total. The molecule has 0 saturated heterocycles. The first kappa shape index (κ1) is 12.3. The summed E-state index contributed by atoms with van der Waals surface area (Å²) in [6.45, 7) is 1.82. The van der Waals surface area contributed by atoms with Gasteiger partial charge in [-0.3, -0.25) is 4.79 Å². The van der Waals surface area contributed by atoms with Crippen LogP contribution in [0.2, 0.25) is 0 Å². The van der Waals surface area contributed by atoms with Gasteiger partial charge in [0, 0.05) is 11.8 Å². The van der Waals surface area contributed by atoms with Gasteiger partial charge in [0.2, 0.25) is 5.91 Å². The molecule has 1 aromatic carbocycles. The molecule has 0 atom stereocenters. The molecule has 0 aliphatic heterocycles. The molecule has 3 rings (SSSR count). The van der Waals surface area contributed by atoms with Crippen LogP contribution in [-0.2, 0) is 4.79 Å². The van der Waals surface area contributed by atoms with Gasteiger partial charge >= 0.3 is 0 Å². The molecule has 2 aromatic heterocycles. The smallest absolute Gasteiger partial charge is 0.225 e. The topological polar surface area (TPSA) is 54.9 Å². The zero-order chi connectivity index (χ0) is 13.2. The van der Waals surface area contributed by atoms with Crippen molar-refractivity contribution in [3.63, 3.8) is 0 Å². The Balaban J connectivity index is 1.91. The summed E-state index contributed by atoms with van der Waals surface area (Å²) in [5, 5.41) is 6.19. The van der Waals surface area contributed by atoms with Crippen LogP contribution in [-0.4, -0.2) is 15.9 Å². The van der Waals surface area contributed by atoms with E-state index in [9.17, 15) is 4.79 Å². The maximum atomic E-state index is 11.3. The number of aromatic nitrogens is 2. The highest BCUT2D eigenvalue weighted by Crippen LogP contribution is 2.31. The van der Waals surface area contributed by atoms with Crippen molar-refractivity contribution in [1.29, 1.82) is 0 Å². The Morgan fingerprint density at radius 1 is 1.32 bits per heavy atom. The molecular weight excluding hydrogens is 278 g/mol. The van der Waals surface area contributed by atoms with Gasteiger partial charge in [-0.1, -0.05) is 19.1 Å². The third-order valence-corrected chi connectivity index (χ3v) is 4.40. The first-order valence-electron chi connectivity index (χ1n) is 5.87. The predicted octanol–water partition coefficient (Wildman–Crippen LogP) is 3.77. The van der Waals surface area contributed by atoms with Crippen LogP contribution in [0.3, 0.4) is 0 Å². The monoisotopic (exact) mass is 289 g/mol. The Morgan fingerprint density at radius 3 is 2.95 bits per heavy atom. The average Bonchev–Trinajstić information content (AvgIpc) is 3.04. The van der Waals surface area contributed by atoms with Crippen LogP contribution in [0.4, 0.5) is 5.13 Å². The van der Waals surface area contributed by atoms with Gasteiger partial charge in [-0.25, -0.2) is 9.97 Å². The highest BCUT2D eigenvalue weighted by Gasteiger charge is 2.10. The van der Waals surface area contributed by atoms with Gasteiger partial charge in [-0.15, -0.1) is 22.7 Å². The van der Waals surface area contributed by atoms with Gasteiger partial charge in [0.05, 0.1) is 10.2 Å². The summed E-state index contributed by atoms with van der Waals surface area (Å²) < 4.78 is 1.14. The number of hydrogen-bond acceptors (Lipinski definition) is 5. The van der Waals surface area contributed by atoms with Crippen molar-refractivity contribution in [3.05, 3.63) is 29.6 Å². The van der Waals surface area contributed by atoms with E-state index in [4.69, 9.17) is 0 Å². The van der Waals surface area contributed by atoms with E-state index in [0.29, 0.717) is 11.6 Å². The summed E-state index contributed by atoms with van der Waals surface area (Å²) in [6.07, 6.45) is 0.454. The third kappa shape index (κ3) is 2.50. The molecule has 1 amide bonds. The highest BCUT2D eigenvalue weighted by atomic mass is 32.1. The molecular formula is C13H11N3OS2. The number of thiazole rings is 2. The Labute approximate surface area is 118 Å². The quantitative estimate of drug-likeness (QED) is 0.798. The van der Waals surface area contributed by atoms with Crippen molar-refractivity contribution in [1.82, 2.24) is 9.97 Å². The minimum atomic E-state index is -0.0230. The minimum Gasteiger partial charge on any atom is -0.302 e. The Bertz CT molecular complexity index is 699. The van der Waals surface area contributed by atoms with E-state index in [0.717, 1.165) is 20.9 Å². The fraction of sp³-hybridized carbons (Fsp3) is 0.154. The van der Waals surface area contributed by atoms with Gasteiger partial charge in [-0.2, -0.15) is 0 Å². The first-order chi connectivity index (χ1) is 9.26. The van der Waals surface area contributed by atoms with Crippen LogP contribution in [0.5, 0.6) is 0 Å². The number of amides is 1. The van der Waals surface area contributed by atoms with Gasteiger partial charge in [-0.05, 0) is 12.1 Å². The van der Waals surface area contributed by atoms with Crippen LogP contribution >= 0.6 is 22.7 Å². The van der Waals surface area contributed by atoms with Gasteiger partial charge in [0.1, 0.15) is 10.7 Å². The van der Waals surface area contributed by atoms with E-state index in [2.05, 4.69) is 15.3 Å². The van der Waals surface area contributed by atoms with Crippen molar-refractivity contribution in [2.45, 2.75) is 13.3 Å². The molecule has 0 spiro atoms. The number of carbonyl (C=O) groups excluding carboxylic acids is 1. The molecule has 3 aromatic rings. The van der Waals surface area contributed by atoms with E-state index in [1.54, 1.807) is 11.3 Å². The Kier molecular flexibility index (Phi) is 3.27. The number of hydrogen-bond donors (Lipinski definition) is 1. The van der Waals surface area contributed by atoms with Crippen molar-refractivity contribution in [2.75, 3.05) is 5.32 Å². The molecule has 0 fully saturated rings. The number of carbonyl (C=O) groups is 1. The number of nitrogens with one attached hydrogen (secondary N) is 1. The van der Waals surface area contributed by atoms with Gasteiger partial charge < -0.3 is 5.32 Å². The van der Waals surface area contributed by atoms with Gasteiger partial charge in [0.25, 0.3) is 0 Å². The summed E-state index contributed by atoms with van der Waals surface area (Å²) in [4.78, 5) is 20.3. The van der Waals surface area contributed by atoms with E-state index in [1.807, 2.05) is 36.6 Å². The molecule has 6 heteroatoms. The molecule has 96 valence electrons. The molecule has 0 aliphatic carbocycles. The fourth-order valence-corrected chi connectivity index (χ4v) is 3.33. The average molecular weight is 289 g/mol. The lowest BCUT2D eigenvalue weighted by Crippen LogP contribution is -2.08. The van der Waals surface area contributed by atoms with E-state index >= 15 is 0 Å². The van der Waals surface area contributed by atoms with E-state index < -0.39 is 0 Å². The second-order valence-electron chi connectivity index (χ2n) is 3.93. The number of fused-ring (bicyclic) bond motifs is 1. The summed E-state index contributed by atoms with van der Waals surface area (Å²) in [7, 11) is 0. The predicted molar refractivity (Wildman–Crippen MR) is 79.6 cm³/mol. The Morgan fingerprint density at radius 2 is 2.16 bits per heavy atom. The molecule has 19 heavy (non-hydrogen) atoms. The maximum absolute atomic E-state index is 11.3. The highest BCUT2D eigenvalue weighted by molar-refractivity contribution is 7.22. The molecule has 0 unspecified atom stereocenters. The fourth-order valence-electron chi connectivity index (χ4n) is 1.62. The van der Waals surface area contributed by atoms with Crippen molar-refractivity contribution >= 4 is 43.9 Å². The zero-order valence-corrected chi connectivity index (χ0v) is 11.8. The number of para-hydroxylation sites is 1.